The molecule has 3 rings (SSSR count). The molecule has 0 bridgehead atoms. The van der Waals surface area contributed by atoms with Crippen molar-refractivity contribution in [2.45, 2.75) is 44.7 Å². The van der Waals surface area contributed by atoms with E-state index in [0.717, 1.165) is 18.7 Å². The van der Waals surface area contributed by atoms with Crippen LogP contribution in [0.25, 0.3) is 0 Å². The third kappa shape index (κ3) is 2.58. The van der Waals surface area contributed by atoms with Crippen LogP contribution in [0.4, 0.5) is 0 Å². The third-order valence-corrected chi connectivity index (χ3v) is 4.95. The highest BCUT2D eigenvalue weighted by atomic mass is 32.1. The fourth-order valence-electron chi connectivity index (χ4n) is 3.06. The van der Waals surface area contributed by atoms with Gasteiger partial charge in [0.15, 0.2) is 0 Å². The number of hydrogen-bond acceptors (Lipinski definition) is 3. The molecule has 4 heteroatoms. The lowest BCUT2D eigenvalue weighted by Crippen LogP contribution is -2.32. The van der Waals surface area contributed by atoms with Crippen LogP contribution >= 0.6 is 11.3 Å². The van der Waals surface area contributed by atoms with Crippen LogP contribution in [0.15, 0.2) is 34.4 Å². The zero-order valence-electron chi connectivity index (χ0n) is 11.9. The van der Waals surface area contributed by atoms with E-state index in [9.17, 15) is 4.79 Å². The zero-order valence-corrected chi connectivity index (χ0v) is 12.7. The van der Waals surface area contributed by atoms with Crippen LogP contribution in [0, 0.1) is 0 Å². The van der Waals surface area contributed by atoms with Crippen molar-refractivity contribution in [3.8, 4) is 0 Å². The molecular weight excluding hydrogens is 268 g/mol. The molecule has 1 aliphatic rings. The van der Waals surface area contributed by atoms with Crippen molar-refractivity contribution in [2.24, 2.45) is 0 Å². The Labute approximate surface area is 123 Å². The van der Waals surface area contributed by atoms with E-state index in [-0.39, 0.29) is 10.3 Å². The summed E-state index contributed by atoms with van der Waals surface area (Å²) in [7, 11) is 0. The van der Waals surface area contributed by atoms with E-state index in [1.165, 1.54) is 28.9 Å². The van der Waals surface area contributed by atoms with Gasteiger partial charge in [0, 0.05) is 23.7 Å². The first kappa shape index (κ1) is 13.6. The van der Waals surface area contributed by atoms with Gasteiger partial charge in [-0.15, -0.1) is 0 Å². The molecule has 2 N–H and O–H groups in total. The first-order chi connectivity index (χ1) is 9.56. The lowest BCUT2D eigenvalue weighted by atomic mass is 9.71. The van der Waals surface area contributed by atoms with Crippen LogP contribution in [0.1, 0.15) is 49.6 Å². The van der Waals surface area contributed by atoms with Gasteiger partial charge >= 0.3 is 4.87 Å². The average Bonchev–Trinajstić information content (AvgIpc) is 2.84. The molecule has 0 aliphatic heterocycles. The maximum absolute atomic E-state index is 11.2. The van der Waals surface area contributed by atoms with E-state index in [1.54, 1.807) is 0 Å². The molecule has 1 heterocycles. The summed E-state index contributed by atoms with van der Waals surface area (Å²) in [6.07, 6.45) is 2.32. The molecule has 0 saturated heterocycles. The molecule has 1 aromatic heterocycles. The van der Waals surface area contributed by atoms with E-state index in [1.807, 2.05) is 5.38 Å². The normalized spacial score (nSPS) is 20.6. The first-order valence-electron chi connectivity index (χ1n) is 7.06. The Bertz CT molecular complexity index is 656. The van der Waals surface area contributed by atoms with Crippen molar-refractivity contribution < 1.29 is 0 Å². The topological polar surface area (TPSA) is 44.9 Å². The van der Waals surface area contributed by atoms with Gasteiger partial charge in [-0.3, -0.25) is 4.79 Å². The number of H-pyrrole nitrogens is 1. The summed E-state index contributed by atoms with van der Waals surface area (Å²) in [4.78, 5) is 14.0. The number of aromatic nitrogens is 1. The standard InChI is InChI=1S/C16H20N2OS/c1-16(2)8-7-14(12-5-3-4-6-13(12)16)17-9-11-10-20-15(19)18-11/h3-6,10,14,17H,7-9H2,1-2H3,(H,18,19). The van der Waals surface area contributed by atoms with Gasteiger partial charge in [0.25, 0.3) is 0 Å². The fourth-order valence-corrected chi connectivity index (χ4v) is 3.64. The maximum atomic E-state index is 11.2. The molecule has 0 amide bonds. The molecule has 1 aromatic carbocycles. The third-order valence-electron chi connectivity index (χ3n) is 4.23. The van der Waals surface area contributed by atoms with Crippen LogP contribution in [0.5, 0.6) is 0 Å². The van der Waals surface area contributed by atoms with Crippen molar-refractivity contribution in [2.75, 3.05) is 0 Å². The predicted molar refractivity (Wildman–Crippen MR) is 83.2 cm³/mol. The van der Waals surface area contributed by atoms with E-state index in [0.29, 0.717) is 6.04 Å². The minimum absolute atomic E-state index is 0.0203. The predicted octanol–water partition coefficient (Wildman–Crippen LogP) is 3.34. The molecular formula is C16H20N2OS. The van der Waals surface area contributed by atoms with Crippen molar-refractivity contribution in [1.82, 2.24) is 10.3 Å². The van der Waals surface area contributed by atoms with Gasteiger partial charge in [-0.05, 0) is 29.4 Å². The van der Waals surface area contributed by atoms with Crippen LogP contribution in [0.3, 0.4) is 0 Å². The van der Waals surface area contributed by atoms with Crippen molar-refractivity contribution >= 4 is 11.3 Å². The highest BCUT2D eigenvalue weighted by molar-refractivity contribution is 7.07. The molecule has 2 aromatic rings. The number of hydrogen-bond donors (Lipinski definition) is 2. The van der Waals surface area contributed by atoms with Crippen LogP contribution < -0.4 is 10.2 Å². The largest absolute Gasteiger partial charge is 0.315 e. The van der Waals surface area contributed by atoms with Gasteiger partial charge in [0.2, 0.25) is 0 Å². The molecule has 1 atom stereocenters. The summed E-state index contributed by atoms with van der Waals surface area (Å²) < 4.78 is 0. The van der Waals surface area contributed by atoms with Gasteiger partial charge in [0.05, 0.1) is 0 Å². The molecule has 0 saturated carbocycles. The van der Waals surface area contributed by atoms with E-state index < -0.39 is 0 Å². The Morgan fingerprint density at radius 1 is 1.40 bits per heavy atom. The van der Waals surface area contributed by atoms with Gasteiger partial charge in [-0.1, -0.05) is 49.4 Å². The fraction of sp³-hybridized carbons (Fsp3) is 0.438. The van der Waals surface area contributed by atoms with Crippen molar-refractivity contribution in [3.05, 3.63) is 56.1 Å². The van der Waals surface area contributed by atoms with Crippen LogP contribution in [-0.2, 0) is 12.0 Å². The number of rotatable bonds is 3. The number of thiazole rings is 1. The second-order valence-electron chi connectivity index (χ2n) is 6.12. The minimum atomic E-state index is 0.0203. The van der Waals surface area contributed by atoms with Gasteiger partial charge in [0.1, 0.15) is 0 Å². The lowest BCUT2D eigenvalue weighted by Gasteiger charge is -2.37. The Kier molecular flexibility index (Phi) is 3.52. The smallest absolute Gasteiger partial charge is 0.304 e. The van der Waals surface area contributed by atoms with E-state index >= 15 is 0 Å². The molecule has 0 radical (unpaired) electrons. The lowest BCUT2D eigenvalue weighted by molar-refractivity contribution is 0.357. The molecule has 0 fully saturated rings. The summed E-state index contributed by atoms with van der Waals surface area (Å²) in [5.41, 5.74) is 4.08. The number of aromatic amines is 1. The Hall–Kier alpha value is -1.39. The maximum Gasteiger partial charge on any atom is 0.304 e. The van der Waals surface area contributed by atoms with Crippen molar-refractivity contribution in [1.29, 1.82) is 0 Å². The molecule has 1 unspecified atom stereocenters. The van der Waals surface area contributed by atoms with Crippen LogP contribution in [-0.4, -0.2) is 4.98 Å². The SMILES string of the molecule is CC1(C)CCC(NCc2csc(=O)[nH]2)c2ccccc21. The number of nitrogens with one attached hydrogen (secondary N) is 2. The first-order valence-corrected chi connectivity index (χ1v) is 7.94. The Morgan fingerprint density at radius 3 is 2.95 bits per heavy atom. The molecule has 1 aliphatic carbocycles. The summed E-state index contributed by atoms with van der Waals surface area (Å²) >= 11 is 1.23. The summed E-state index contributed by atoms with van der Waals surface area (Å²) in [6.45, 7) is 5.36. The average molecular weight is 288 g/mol. The number of fused-ring (bicyclic) bond motifs is 1. The van der Waals surface area contributed by atoms with Gasteiger partial charge in [-0.2, -0.15) is 0 Å². The molecule has 20 heavy (non-hydrogen) atoms. The Balaban J connectivity index is 1.80. The van der Waals surface area contributed by atoms with Gasteiger partial charge < -0.3 is 10.3 Å². The Morgan fingerprint density at radius 2 is 2.20 bits per heavy atom. The highest BCUT2D eigenvalue weighted by Gasteiger charge is 2.31. The van der Waals surface area contributed by atoms with Crippen molar-refractivity contribution in [3.63, 3.8) is 0 Å². The monoisotopic (exact) mass is 288 g/mol. The summed E-state index contributed by atoms with van der Waals surface area (Å²) in [6, 6.07) is 9.09. The molecule has 3 nitrogen and oxygen atoms in total. The second kappa shape index (κ2) is 5.19. The van der Waals surface area contributed by atoms with E-state index in [2.05, 4.69) is 48.4 Å². The van der Waals surface area contributed by atoms with Crippen LogP contribution in [0.2, 0.25) is 0 Å². The highest BCUT2D eigenvalue weighted by Crippen LogP contribution is 2.41. The van der Waals surface area contributed by atoms with E-state index in [4.69, 9.17) is 0 Å². The molecule has 0 spiro atoms. The summed E-state index contributed by atoms with van der Waals surface area (Å²) in [5.74, 6) is 0. The molecule has 106 valence electrons. The quantitative estimate of drug-likeness (QED) is 0.910. The van der Waals surface area contributed by atoms with Gasteiger partial charge in [-0.25, -0.2) is 0 Å². The minimum Gasteiger partial charge on any atom is -0.315 e. The zero-order chi connectivity index (χ0) is 14.2. The second-order valence-corrected chi connectivity index (χ2v) is 6.96. The number of benzene rings is 1. The summed E-state index contributed by atoms with van der Waals surface area (Å²) in [5, 5.41) is 5.48.